The summed E-state index contributed by atoms with van der Waals surface area (Å²) < 4.78 is 0. The van der Waals surface area contributed by atoms with Crippen LogP contribution in [0.15, 0.2) is 0 Å². The first-order valence-corrected chi connectivity index (χ1v) is 8.03. The summed E-state index contributed by atoms with van der Waals surface area (Å²) in [5.74, 6) is 0.596. The Morgan fingerprint density at radius 2 is 1.60 bits per heavy atom. The average Bonchev–Trinajstić information content (AvgIpc) is 2.21. The molecule has 3 heteroatoms. The number of rotatable bonds is 5. The van der Waals surface area contributed by atoms with Crippen LogP contribution in [-0.4, -0.2) is 24.5 Å². The first kappa shape index (κ1) is 17.5. The molecule has 0 saturated heterocycles. The third-order valence-electron chi connectivity index (χ3n) is 4.50. The van der Waals surface area contributed by atoms with Gasteiger partial charge in [-0.2, -0.15) is 0 Å². The van der Waals surface area contributed by atoms with E-state index in [4.69, 9.17) is 0 Å². The van der Waals surface area contributed by atoms with Gasteiger partial charge in [0.25, 0.3) is 0 Å². The zero-order valence-corrected chi connectivity index (χ0v) is 14.5. The normalized spacial score (nSPS) is 23.6. The molecule has 0 aromatic carbocycles. The fourth-order valence-corrected chi connectivity index (χ4v) is 3.70. The van der Waals surface area contributed by atoms with Crippen LogP contribution in [0, 0.1) is 16.7 Å². The van der Waals surface area contributed by atoms with E-state index in [1.54, 1.807) is 0 Å². The summed E-state index contributed by atoms with van der Waals surface area (Å²) in [4.78, 5) is 11.9. The molecule has 1 aliphatic rings. The van der Waals surface area contributed by atoms with Crippen molar-refractivity contribution in [1.82, 2.24) is 10.6 Å². The van der Waals surface area contributed by atoms with Crippen molar-refractivity contribution in [3.63, 3.8) is 0 Å². The number of nitrogens with one attached hydrogen (secondary N) is 2. The van der Waals surface area contributed by atoms with Crippen molar-refractivity contribution in [1.29, 1.82) is 0 Å². The van der Waals surface area contributed by atoms with Crippen LogP contribution >= 0.6 is 0 Å². The molecule has 0 aromatic rings. The highest BCUT2D eigenvalue weighted by molar-refractivity contribution is 5.78. The van der Waals surface area contributed by atoms with E-state index in [0.717, 1.165) is 12.8 Å². The van der Waals surface area contributed by atoms with Crippen LogP contribution in [0.1, 0.15) is 67.7 Å². The number of carbonyl (C=O) groups is 1. The fraction of sp³-hybridized carbons (Fsp3) is 0.941. The maximum Gasteiger partial charge on any atom is 0.234 e. The van der Waals surface area contributed by atoms with Crippen LogP contribution < -0.4 is 10.6 Å². The predicted molar refractivity (Wildman–Crippen MR) is 85.6 cm³/mol. The summed E-state index contributed by atoms with van der Waals surface area (Å²) in [5.41, 5.74) is 0.724. The molecule has 0 aliphatic heterocycles. The van der Waals surface area contributed by atoms with E-state index in [1.165, 1.54) is 6.42 Å². The number of carbonyl (C=O) groups excluding carboxylic acids is 1. The zero-order chi connectivity index (χ0) is 15.6. The van der Waals surface area contributed by atoms with E-state index < -0.39 is 0 Å². The molecule has 1 saturated carbocycles. The molecule has 0 bridgehead atoms. The van der Waals surface area contributed by atoms with Gasteiger partial charge in [-0.25, -0.2) is 0 Å². The van der Waals surface area contributed by atoms with Crippen LogP contribution in [0.25, 0.3) is 0 Å². The van der Waals surface area contributed by atoms with Gasteiger partial charge in [-0.05, 0) is 42.9 Å². The molecule has 1 fully saturated rings. The average molecular weight is 282 g/mol. The van der Waals surface area contributed by atoms with Crippen molar-refractivity contribution >= 4 is 5.91 Å². The van der Waals surface area contributed by atoms with Gasteiger partial charge in [0.05, 0.1) is 6.54 Å². The van der Waals surface area contributed by atoms with Crippen LogP contribution in [0.4, 0.5) is 0 Å². The molecular weight excluding hydrogens is 248 g/mol. The summed E-state index contributed by atoms with van der Waals surface area (Å²) >= 11 is 0. The second-order valence-electron chi connectivity index (χ2n) is 8.59. The summed E-state index contributed by atoms with van der Waals surface area (Å²) in [6.07, 6.45) is 3.57. The Bertz CT molecular complexity index is 318. The molecule has 20 heavy (non-hydrogen) atoms. The highest BCUT2D eigenvalue weighted by atomic mass is 16.1. The van der Waals surface area contributed by atoms with Crippen LogP contribution in [-0.2, 0) is 4.79 Å². The highest BCUT2D eigenvalue weighted by Gasteiger charge is 2.38. The van der Waals surface area contributed by atoms with Crippen molar-refractivity contribution in [2.24, 2.45) is 16.7 Å². The van der Waals surface area contributed by atoms with Crippen molar-refractivity contribution in [2.45, 2.75) is 79.8 Å². The van der Waals surface area contributed by atoms with E-state index in [1.807, 2.05) is 0 Å². The first-order chi connectivity index (χ1) is 9.01. The second-order valence-corrected chi connectivity index (χ2v) is 8.59. The van der Waals surface area contributed by atoms with Gasteiger partial charge in [0.15, 0.2) is 0 Å². The molecule has 1 aliphatic carbocycles. The highest BCUT2D eigenvalue weighted by Crippen LogP contribution is 2.45. The summed E-state index contributed by atoms with van der Waals surface area (Å²) in [6.45, 7) is 16.1. The third kappa shape index (κ3) is 5.82. The van der Waals surface area contributed by atoms with Crippen molar-refractivity contribution < 1.29 is 4.79 Å². The van der Waals surface area contributed by atoms with E-state index in [9.17, 15) is 4.79 Å². The molecule has 0 radical (unpaired) electrons. The summed E-state index contributed by atoms with van der Waals surface area (Å²) in [6, 6.07) is 0.692. The van der Waals surface area contributed by atoms with Crippen molar-refractivity contribution in [2.75, 3.05) is 6.54 Å². The number of amides is 1. The quantitative estimate of drug-likeness (QED) is 0.812. The van der Waals surface area contributed by atoms with Gasteiger partial charge in [0.1, 0.15) is 0 Å². The predicted octanol–water partition coefficient (Wildman–Crippen LogP) is 3.34. The third-order valence-corrected chi connectivity index (χ3v) is 4.50. The molecular formula is C17H34N2O. The van der Waals surface area contributed by atoms with Crippen molar-refractivity contribution in [3.05, 3.63) is 0 Å². The maximum atomic E-state index is 11.9. The van der Waals surface area contributed by atoms with Gasteiger partial charge < -0.3 is 10.6 Å². The minimum absolute atomic E-state index is 0.118. The lowest BCUT2D eigenvalue weighted by atomic mass is 9.63. The van der Waals surface area contributed by atoms with E-state index in [2.05, 4.69) is 59.1 Å². The molecule has 0 heterocycles. The lowest BCUT2D eigenvalue weighted by Gasteiger charge is -2.45. The number of hydrogen-bond donors (Lipinski definition) is 2. The Kier molecular flexibility index (Phi) is 5.65. The van der Waals surface area contributed by atoms with E-state index in [-0.39, 0.29) is 11.9 Å². The Labute approximate surface area is 125 Å². The molecule has 2 N–H and O–H groups in total. The first-order valence-electron chi connectivity index (χ1n) is 8.03. The topological polar surface area (TPSA) is 41.1 Å². The Balaban J connectivity index is 2.43. The lowest BCUT2D eigenvalue weighted by Crippen LogP contribution is -2.48. The Hall–Kier alpha value is -0.570. The molecule has 0 spiro atoms. The molecule has 3 nitrogen and oxygen atoms in total. The van der Waals surface area contributed by atoms with Gasteiger partial charge >= 0.3 is 0 Å². The Morgan fingerprint density at radius 3 is 2.05 bits per heavy atom. The molecule has 1 atom stereocenters. The molecule has 0 aromatic heterocycles. The van der Waals surface area contributed by atoms with Gasteiger partial charge in [-0.15, -0.1) is 0 Å². The van der Waals surface area contributed by atoms with Gasteiger partial charge in [0, 0.05) is 12.1 Å². The van der Waals surface area contributed by atoms with Gasteiger partial charge in [0.2, 0.25) is 5.91 Å². The SMILES string of the molecule is CC(C)C(C)NC(=O)CNC1CC(C)(C)CC(C)(C)C1. The summed E-state index contributed by atoms with van der Waals surface area (Å²) in [5, 5.41) is 6.52. The fourth-order valence-electron chi connectivity index (χ4n) is 3.70. The van der Waals surface area contributed by atoms with Gasteiger partial charge in [-0.1, -0.05) is 41.5 Å². The van der Waals surface area contributed by atoms with Gasteiger partial charge in [-0.3, -0.25) is 4.79 Å². The van der Waals surface area contributed by atoms with Crippen molar-refractivity contribution in [3.8, 4) is 0 Å². The minimum Gasteiger partial charge on any atom is -0.352 e. The standard InChI is InChI=1S/C17H34N2O/c1-12(2)13(3)19-15(20)10-18-14-8-16(4,5)11-17(6,7)9-14/h12-14,18H,8-11H2,1-7H3,(H,19,20). The van der Waals surface area contributed by atoms with E-state index in [0.29, 0.717) is 29.3 Å². The molecule has 118 valence electrons. The smallest absolute Gasteiger partial charge is 0.234 e. The van der Waals surface area contributed by atoms with Crippen LogP contribution in [0.5, 0.6) is 0 Å². The molecule has 1 rings (SSSR count). The molecule has 1 unspecified atom stereocenters. The Morgan fingerprint density at radius 1 is 1.10 bits per heavy atom. The number of hydrogen-bond acceptors (Lipinski definition) is 2. The maximum absolute atomic E-state index is 11.9. The molecule has 1 amide bonds. The van der Waals surface area contributed by atoms with E-state index >= 15 is 0 Å². The largest absolute Gasteiger partial charge is 0.352 e. The zero-order valence-electron chi connectivity index (χ0n) is 14.5. The minimum atomic E-state index is 0.118. The monoisotopic (exact) mass is 282 g/mol. The van der Waals surface area contributed by atoms with Crippen LogP contribution in [0.3, 0.4) is 0 Å². The lowest BCUT2D eigenvalue weighted by molar-refractivity contribution is -0.121. The second kappa shape index (κ2) is 6.46. The van der Waals surface area contributed by atoms with Crippen LogP contribution in [0.2, 0.25) is 0 Å². The summed E-state index contributed by atoms with van der Waals surface area (Å²) in [7, 11) is 0.